The van der Waals surface area contributed by atoms with Crippen LogP contribution in [0, 0.1) is 0 Å². The number of benzene rings is 3. The molecule has 9 nitrogen and oxygen atoms in total. The maximum atomic E-state index is 12.8. The van der Waals surface area contributed by atoms with Crippen molar-refractivity contribution >= 4 is 5.69 Å². The van der Waals surface area contributed by atoms with Gasteiger partial charge in [-0.2, -0.15) is 13.2 Å². The van der Waals surface area contributed by atoms with Gasteiger partial charge in [-0.05, 0) is 35.4 Å². The van der Waals surface area contributed by atoms with Crippen molar-refractivity contribution < 1.29 is 52.5 Å². The van der Waals surface area contributed by atoms with Gasteiger partial charge in [0.1, 0.15) is 48.2 Å². The van der Waals surface area contributed by atoms with Gasteiger partial charge in [0.25, 0.3) is 0 Å². The molecule has 0 saturated carbocycles. The van der Waals surface area contributed by atoms with E-state index in [1.54, 1.807) is 24.3 Å². The van der Waals surface area contributed by atoms with Crippen molar-refractivity contribution in [3.63, 3.8) is 0 Å². The molecule has 1 spiro atoms. The molecule has 0 radical (unpaired) electrons. The lowest BCUT2D eigenvalue weighted by Gasteiger charge is -2.40. The van der Waals surface area contributed by atoms with Crippen molar-refractivity contribution in [2.45, 2.75) is 49.1 Å². The van der Waals surface area contributed by atoms with Gasteiger partial charge in [-0.25, -0.2) is 0 Å². The first-order valence-electron chi connectivity index (χ1n) is 12.6. The summed E-state index contributed by atoms with van der Waals surface area (Å²) in [6.45, 7) is -1.53. The lowest BCUT2D eigenvalue weighted by Crippen LogP contribution is -2.60. The van der Waals surface area contributed by atoms with Crippen LogP contribution >= 0.6 is 0 Å². The Balaban J connectivity index is 1.39. The normalized spacial score (nSPS) is 28.8. The van der Waals surface area contributed by atoms with Gasteiger partial charge in [-0.15, -0.1) is 0 Å². The monoisotopic (exact) mass is 561 g/mol. The first-order chi connectivity index (χ1) is 19.1. The summed E-state index contributed by atoms with van der Waals surface area (Å²) in [5.41, 5.74) is 2.15. The molecule has 1 unspecified atom stereocenters. The van der Waals surface area contributed by atoms with Gasteiger partial charge in [-0.3, -0.25) is 0 Å². The maximum Gasteiger partial charge on any atom is 0.405 e. The second-order valence-electron chi connectivity index (χ2n) is 9.88. The number of fused-ring (bicyclic) bond motifs is 6. The third kappa shape index (κ3) is 4.46. The lowest BCUT2D eigenvalue weighted by molar-refractivity contribution is -0.277. The molecule has 3 heterocycles. The third-order valence-electron chi connectivity index (χ3n) is 7.35. The van der Waals surface area contributed by atoms with Crippen molar-refractivity contribution in [1.29, 1.82) is 0 Å². The van der Waals surface area contributed by atoms with E-state index < -0.39 is 55.6 Å². The molecule has 0 bridgehead atoms. The quantitative estimate of drug-likeness (QED) is 0.319. The minimum atomic E-state index is -4.41. The second-order valence-corrected chi connectivity index (χ2v) is 9.88. The number of rotatable bonds is 5. The number of ether oxygens (including phenoxy) is 4. The van der Waals surface area contributed by atoms with E-state index in [2.05, 4.69) is 5.32 Å². The molecular formula is C28H26F3NO8. The van der Waals surface area contributed by atoms with Crippen LogP contribution in [0.3, 0.4) is 0 Å². The highest BCUT2D eigenvalue weighted by Gasteiger charge is 2.50. The zero-order valence-electron chi connectivity index (χ0n) is 20.8. The maximum absolute atomic E-state index is 12.8. The Labute approximate surface area is 226 Å². The molecule has 3 aromatic carbocycles. The van der Waals surface area contributed by atoms with Gasteiger partial charge < -0.3 is 44.7 Å². The Hall–Kier alpha value is -3.39. The zero-order valence-corrected chi connectivity index (χ0v) is 20.8. The second kappa shape index (κ2) is 9.91. The molecule has 0 amide bonds. The largest absolute Gasteiger partial charge is 0.462 e. The molecule has 1 fully saturated rings. The Morgan fingerprint density at radius 2 is 1.62 bits per heavy atom. The van der Waals surface area contributed by atoms with E-state index in [0.29, 0.717) is 23.5 Å². The van der Waals surface area contributed by atoms with Crippen molar-refractivity contribution in [2.75, 3.05) is 18.5 Å². The van der Waals surface area contributed by atoms with Crippen LogP contribution in [0.2, 0.25) is 0 Å². The number of alkyl halides is 3. The Bertz CT molecular complexity index is 1420. The van der Waals surface area contributed by atoms with E-state index in [1.807, 2.05) is 24.3 Å². The molecule has 212 valence electrons. The number of anilines is 1. The highest BCUT2D eigenvalue weighted by atomic mass is 19.4. The molecule has 6 atom stereocenters. The van der Waals surface area contributed by atoms with Gasteiger partial charge >= 0.3 is 6.18 Å². The topological polar surface area (TPSA) is 130 Å². The van der Waals surface area contributed by atoms with Crippen LogP contribution in [0.4, 0.5) is 18.9 Å². The van der Waals surface area contributed by atoms with E-state index in [4.69, 9.17) is 18.9 Å². The van der Waals surface area contributed by atoms with Gasteiger partial charge in [0.2, 0.25) is 6.29 Å². The lowest BCUT2D eigenvalue weighted by atomic mass is 9.77. The molecule has 3 aliphatic heterocycles. The van der Waals surface area contributed by atoms with Crippen molar-refractivity contribution in [2.24, 2.45) is 0 Å². The highest BCUT2D eigenvalue weighted by Crippen LogP contribution is 2.57. The summed E-state index contributed by atoms with van der Waals surface area (Å²) < 4.78 is 62.4. The van der Waals surface area contributed by atoms with Gasteiger partial charge in [0, 0.05) is 28.9 Å². The Morgan fingerprint density at radius 3 is 2.38 bits per heavy atom. The Morgan fingerprint density at radius 1 is 0.900 bits per heavy atom. The molecule has 0 aromatic heterocycles. The minimum absolute atomic E-state index is 0.166. The number of aliphatic hydroxyl groups is 4. The van der Waals surface area contributed by atoms with Gasteiger partial charge in [-0.1, -0.05) is 24.3 Å². The average molecular weight is 562 g/mol. The SMILES string of the molecule is OC[C@H]1O[C@@H](Oc2ccc3c(c2)Oc2cc(NCC(F)(F)F)ccc2C32OCc3ccccc32)[C@H](O)[C@@H](O)[C@H]1O. The summed E-state index contributed by atoms with van der Waals surface area (Å²) in [5, 5.41) is 42.4. The van der Waals surface area contributed by atoms with E-state index in [-0.39, 0.29) is 17.2 Å². The zero-order chi connectivity index (χ0) is 28.2. The molecule has 0 aliphatic carbocycles. The highest BCUT2D eigenvalue weighted by molar-refractivity contribution is 5.67. The summed E-state index contributed by atoms with van der Waals surface area (Å²) in [4.78, 5) is 0. The number of halogens is 3. The van der Waals surface area contributed by atoms with Crippen molar-refractivity contribution in [1.82, 2.24) is 0 Å². The number of aliphatic hydroxyl groups excluding tert-OH is 4. The standard InChI is InChI=1S/C28H26F3NO8/c29-27(30,31)13-32-15-5-7-18-20(9-15)39-21-10-16(38-26-25(36)24(35)23(34)22(11-33)40-26)6-8-19(21)28(18)17-4-2-1-3-14(17)12-37-28/h1-10,22-26,32-36H,11-13H2/t22-,23+,24+,25-,26-,28?/m1/s1. The smallest absolute Gasteiger partial charge is 0.405 e. The van der Waals surface area contributed by atoms with Crippen LogP contribution in [-0.4, -0.2) is 70.5 Å². The number of hydrogen-bond donors (Lipinski definition) is 5. The summed E-state index contributed by atoms with van der Waals surface area (Å²) in [6.07, 6.45) is -11.8. The van der Waals surface area contributed by atoms with Crippen molar-refractivity contribution in [3.05, 3.63) is 82.9 Å². The fraction of sp³-hybridized carbons (Fsp3) is 0.357. The predicted octanol–water partition coefficient (Wildman–Crippen LogP) is 2.77. The molecule has 6 rings (SSSR count). The minimum Gasteiger partial charge on any atom is -0.462 e. The van der Waals surface area contributed by atoms with Crippen LogP contribution in [0.15, 0.2) is 60.7 Å². The van der Waals surface area contributed by atoms with E-state index >= 15 is 0 Å². The van der Waals surface area contributed by atoms with Crippen molar-refractivity contribution in [3.8, 4) is 17.2 Å². The third-order valence-corrected chi connectivity index (χ3v) is 7.35. The number of hydrogen-bond acceptors (Lipinski definition) is 9. The fourth-order valence-corrected chi connectivity index (χ4v) is 5.42. The summed E-state index contributed by atoms with van der Waals surface area (Å²) in [6, 6.07) is 17.2. The molecule has 3 aliphatic rings. The van der Waals surface area contributed by atoms with E-state index in [1.165, 1.54) is 12.1 Å². The fourth-order valence-electron chi connectivity index (χ4n) is 5.42. The Kier molecular flexibility index (Phi) is 6.64. The van der Waals surface area contributed by atoms with Gasteiger partial charge in [0.05, 0.1) is 13.2 Å². The van der Waals surface area contributed by atoms with Crippen LogP contribution in [0.5, 0.6) is 17.2 Å². The van der Waals surface area contributed by atoms with E-state index in [0.717, 1.165) is 11.1 Å². The molecule has 5 N–H and O–H groups in total. The molecule has 3 aromatic rings. The van der Waals surface area contributed by atoms with Crippen LogP contribution < -0.4 is 14.8 Å². The summed E-state index contributed by atoms with van der Waals surface area (Å²) in [5.74, 6) is 0.736. The molecular weight excluding hydrogens is 535 g/mol. The molecule has 40 heavy (non-hydrogen) atoms. The molecule has 12 heteroatoms. The van der Waals surface area contributed by atoms with Crippen LogP contribution in [0.25, 0.3) is 0 Å². The first kappa shape index (κ1) is 26.8. The molecule has 1 saturated heterocycles. The predicted molar refractivity (Wildman–Crippen MR) is 133 cm³/mol. The average Bonchev–Trinajstić information content (AvgIpc) is 3.31. The van der Waals surface area contributed by atoms with E-state index in [9.17, 15) is 33.6 Å². The van der Waals surface area contributed by atoms with Gasteiger partial charge in [0.15, 0.2) is 5.60 Å². The van der Waals surface area contributed by atoms with Crippen LogP contribution in [0.1, 0.15) is 22.3 Å². The number of nitrogens with one attached hydrogen (secondary N) is 1. The first-order valence-corrected chi connectivity index (χ1v) is 12.6. The van der Waals surface area contributed by atoms with Crippen LogP contribution in [-0.2, 0) is 21.7 Å². The summed E-state index contributed by atoms with van der Waals surface area (Å²) >= 11 is 0. The summed E-state index contributed by atoms with van der Waals surface area (Å²) in [7, 11) is 0.